The van der Waals surface area contributed by atoms with Crippen LogP contribution in [0.25, 0.3) is 11.1 Å². The molecule has 3 rings (SSSR count). The van der Waals surface area contributed by atoms with Crippen LogP contribution < -0.4 is 16.0 Å². The summed E-state index contributed by atoms with van der Waals surface area (Å²) in [6, 6.07) is 7.11. The molecular weight excluding hydrogens is 399 g/mol. The average molecular weight is 412 g/mol. The SMILES string of the molecule is O=C1NC(=O)[C@@H](CNC(=O)c2ccc(C(F)(F)F)cc2-c2ccc(Cl)cc2)N1. The third-order valence-corrected chi connectivity index (χ3v) is 4.32. The van der Waals surface area contributed by atoms with Gasteiger partial charge in [-0.05, 0) is 41.5 Å². The summed E-state index contributed by atoms with van der Waals surface area (Å²) in [7, 11) is 0. The van der Waals surface area contributed by atoms with Crippen LogP contribution in [0.2, 0.25) is 5.02 Å². The summed E-state index contributed by atoms with van der Waals surface area (Å²) >= 11 is 5.82. The van der Waals surface area contributed by atoms with E-state index < -0.39 is 35.6 Å². The van der Waals surface area contributed by atoms with Gasteiger partial charge in [-0.2, -0.15) is 13.2 Å². The number of hydrogen-bond donors (Lipinski definition) is 3. The summed E-state index contributed by atoms with van der Waals surface area (Å²) in [5.74, 6) is -1.29. The Kier molecular flexibility index (Phi) is 5.28. The molecule has 2 aromatic rings. The molecule has 0 saturated carbocycles. The lowest BCUT2D eigenvalue weighted by Gasteiger charge is -2.15. The molecule has 3 N–H and O–H groups in total. The summed E-state index contributed by atoms with van der Waals surface area (Å²) in [5.41, 5.74) is -0.493. The van der Waals surface area contributed by atoms with E-state index in [2.05, 4.69) is 10.6 Å². The third-order valence-electron chi connectivity index (χ3n) is 4.07. The minimum absolute atomic E-state index is 0.0138. The second kappa shape index (κ2) is 7.51. The summed E-state index contributed by atoms with van der Waals surface area (Å²) in [4.78, 5) is 35.2. The number of urea groups is 1. The molecule has 0 aliphatic carbocycles. The molecule has 28 heavy (non-hydrogen) atoms. The lowest BCUT2D eigenvalue weighted by Crippen LogP contribution is -2.41. The topological polar surface area (TPSA) is 87.3 Å². The zero-order chi connectivity index (χ0) is 20.5. The Hall–Kier alpha value is -3.07. The first-order valence-corrected chi connectivity index (χ1v) is 8.39. The molecular formula is C18H13ClF3N3O3. The number of carbonyl (C=O) groups is 3. The van der Waals surface area contributed by atoms with Gasteiger partial charge in [0, 0.05) is 17.1 Å². The van der Waals surface area contributed by atoms with Crippen LogP contribution in [-0.2, 0) is 11.0 Å². The van der Waals surface area contributed by atoms with Gasteiger partial charge in [0.2, 0.25) is 0 Å². The highest BCUT2D eigenvalue weighted by atomic mass is 35.5. The smallest absolute Gasteiger partial charge is 0.349 e. The monoisotopic (exact) mass is 411 g/mol. The maximum absolute atomic E-state index is 13.1. The van der Waals surface area contributed by atoms with Crippen LogP contribution in [0.3, 0.4) is 0 Å². The van der Waals surface area contributed by atoms with Gasteiger partial charge in [-0.3, -0.25) is 14.9 Å². The summed E-state index contributed by atoms with van der Waals surface area (Å²) in [5, 5.41) is 7.18. The average Bonchev–Trinajstić information content (AvgIpc) is 2.96. The van der Waals surface area contributed by atoms with Gasteiger partial charge in [0.25, 0.3) is 11.8 Å². The van der Waals surface area contributed by atoms with Crippen molar-refractivity contribution in [3.63, 3.8) is 0 Å². The van der Waals surface area contributed by atoms with Crippen molar-refractivity contribution in [2.75, 3.05) is 6.54 Å². The van der Waals surface area contributed by atoms with Gasteiger partial charge in [-0.25, -0.2) is 4.79 Å². The molecule has 1 atom stereocenters. The number of benzene rings is 2. The van der Waals surface area contributed by atoms with E-state index in [9.17, 15) is 27.6 Å². The van der Waals surface area contributed by atoms with Crippen LogP contribution in [0, 0.1) is 0 Å². The highest BCUT2D eigenvalue weighted by molar-refractivity contribution is 6.30. The van der Waals surface area contributed by atoms with Crippen molar-refractivity contribution in [2.45, 2.75) is 12.2 Å². The quantitative estimate of drug-likeness (QED) is 0.676. The molecule has 0 unspecified atom stereocenters. The number of halogens is 4. The zero-order valence-electron chi connectivity index (χ0n) is 14.1. The second-order valence-electron chi connectivity index (χ2n) is 5.99. The molecule has 146 valence electrons. The van der Waals surface area contributed by atoms with Crippen molar-refractivity contribution < 1.29 is 27.6 Å². The summed E-state index contributed by atoms with van der Waals surface area (Å²) < 4.78 is 39.3. The van der Waals surface area contributed by atoms with Gasteiger partial charge < -0.3 is 10.6 Å². The van der Waals surface area contributed by atoms with E-state index in [4.69, 9.17) is 11.6 Å². The van der Waals surface area contributed by atoms with Gasteiger partial charge in [-0.1, -0.05) is 23.7 Å². The molecule has 2 aromatic carbocycles. The predicted molar refractivity (Wildman–Crippen MR) is 94.7 cm³/mol. The lowest BCUT2D eigenvalue weighted by atomic mass is 9.96. The van der Waals surface area contributed by atoms with Gasteiger partial charge in [-0.15, -0.1) is 0 Å². The van der Waals surface area contributed by atoms with E-state index in [0.29, 0.717) is 10.6 Å². The first-order chi connectivity index (χ1) is 13.1. The molecule has 0 radical (unpaired) electrons. The molecule has 10 heteroatoms. The fourth-order valence-electron chi connectivity index (χ4n) is 2.68. The molecule has 4 amide bonds. The number of imide groups is 1. The highest BCUT2D eigenvalue weighted by Gasteiger charge is 2.32. The van der Waals surface area contributed by atoms with Gasteiger partial charge in [0.1, 0.15) is 6.04 Å². The Labute approximate surface area is 162 Å². The number of carbonyl (C=O) groups excluding carboxylic acids is 3. The molecule has 1 aliphatic heterocycles. The van der Waals surface area contributed by atoms with Crippen LogP contribution >= 0.6 is 11.6 Å². The number of hydrogen-bond acceptors (Lipinski definition) is 3. The molecule has 6 nitrogen and oxygen atoms in total. The standard InChI is InChI=1S/C18H13ClF3N3O3/c19-11-4-1-9(2-5-11)13-7-10(18(20,21)22)3-6-12(13)15(26)23-8-14-16(27)25-17(28)24-14/h1-7,14H,8H2,(H,23,26)(H2,24,25,27,28)/t14-/m1/s1. The predicted octanol–water partition coefficient (Wildman–Crippen LogP) is 2.96. The molecule has 0 bridgehead atoms. The van der Waals surface area contributed by atoms with Crippen molar-refractivity contribution in [1.29, 1.82) is 0 Å². The Bertz CT molecular complexity index is 945. The minimum Gasteiger partial charge on any atom is -0.349 e. The van der Waals surface area contributed by atoms with Crippen LogP contribution in [0.5, 0.6) is 0 Å². The number of amides is 4. The van der Waals surface area contributed by atoms with E-state index in [0.717, 1.165) is 18.2 Å². The second-order valence-corrected chi connectivity index (χ2v) is 6.43. The van der Waals surface area contributed by atoms with Crippen molar-refractivity contribution in [1.82, 2.24) is 16.0 Å². The van der Waals surface area contributed by atoms with Crippen LogP contribution in [0.1, 0.15) is 15.9 Å². The molecule has 1 aliphatic rings. The first kappa shape index (κ1) is 19.7. The van der Waals surface area contributed by atoms with Crippen molar-refractivity contribution in [3.05, 3.63) is 58.6 Å². The van der Waals surface area contributed by atoms with E-state index in [1.165, 1.54) is 24.3 Å². The number of alkyl halides is 3. The maximum atomic E-state index is 13.1. The third kappa shape index (κ3) is 4.25. The van der Waals surface area contributed by atoms with Gasteiger partial charge >= 0.3 is 12.2 Å². The maximum Gasteiger partial charge on any atom is 0.416 e. The summed E-state index contributed by atoms with van der Waals surface area (Å²) in [6.07, 6.45) is -4.58. The molecule has 1 fully saturated rings. The summed E-state index contributed by atoms with van der Waals surface area (Å²) in [6.45, 7) is -0.211. The normalized spacial score (nSPS) is 16.5. The van der Waals surface area contributed by atoms with Crippen LogP contribution in [-0.4, -0.2) is 30.4 Å². The van der Waals surface area contributed by atoms with Gasteiger partial charge in [0.05, 0.1) is 5.56 Å². The molecule has 1 saturated heterocycles. The Morgan fingerprint density at radius 3 is 2.36 bits per heavy atom. The van der Waals surface area contributed by atoms with Crippen molar-refractivity contribution in [3.8, 4) is 11.1 Å². The lowest BCUT2D eigenvalue weighted by molar-refractivity contribution is -0.137. The Balaban J connectivity index is 1.90. The van der Waals surface area contributed by atoms with Crippen LogP contribution in [0.4, 0.5) is 18.0 Å². The van der Waals surface area contributed by atoms with E-state index in [1.54, 1.807) is 0 Å². The van der Waals surface area contributed by atoms with Crippen LogP contribution in [0.15, 0.2) is 42.5 Å². The van der Waals surface area contributed by atoms with E-state index in [-0.39, 0.29) is 17.7 Å². The number of nitrogens with one attached hydrogen (secondary N) is 3. The van der Waals surface area contributed by atoms with E-state index >= 15 is 0 Å². The zero-order valence-corrected chi connectivity index (χ0v) is 14.8. The van der Waals surface area contributed by atoms with E-state index in [1.807, 2.05) is 5.32 Å². The largest absolute Gasteiger partial charge is 0.416 e. The molecule has 1 heterocycles. The molecule has 0 aromatic heterocycles. The minimum atomic E-state index is -4.58. The fraction of sp³-hybridized carbons (Fsp3) is 0.167. The first-order valence-electron chi connectivity index (χ1n) is 8.02. The Morgan fingerprint density at radius 1 is 1.11 bits per heavy atom. The molecule has 0 spiro atoms. The Morgan fingerprint density at radius 2 is 1.79 bits per heavy atom. The van der Waals surface area contributed by atoms with Crippen molar-refractivity contribution >= 4 is 29.4 Å². The highest BCUT2D eigenvalue weighted by Crippen LogP contribution is 2.34. The fourth-order valence-corrected chi connectivity index (χ4v) is 2.81. The van der Waals surface area contributed by atoms with Crippen molar-refractivity contribution in [2.24, 2.45) is 0 Å². The van der Waals surface area contributed by atoms with Gasteiger partial charge in [0.15, 0.2) is 0 Å². The number of rotatable bonds is 4.